The van der Waals surface area contributed by atoms with Gasteiger partial charge in [0.25, 0.3) is 0 Å². The van der Waals surface area contributed by atoms with E-state index in [1.165, 1.54) is 25.1 Å². The molecule has 1 saturated carbocycles. The average Bonchev–Trinajstić information content (AvgIpc) is 2.71. The van der Waals surface area contributed by atoms with Crippen LogP contribution in [0.2, 0.25) is 0 Å². The van der Waals surface area contributed by atoms with Gasteiger partial charge in [-0.15, -0.1) is 0 Å². The van der Waals surface area contributed by atoms with E-state index in [2.05, 4.69) is 35.2 Å². The number of likely N-dealkylation sites (tertiary alicyclic amines) is 1. The third-order valence-electron chi connectivity index (χ3n) is 4.35. The van der Waals surface area contributed by atoms with Crippen molar-refractivity contribution in [2.24, 2.45) is 11.8 Å². The fraction of sp³-hybridized carbons (Fsp3) is 0.600. The van der Waals surface area contributed by atoms with Gasteiger partial charge in [-0.05, 0) is 36.7 Å². The van der Waals surface area contributed by atoms with Crippen molar-refractivity contribution in [3.8, 4) is 0 Å². The van der Waals surface area contributed by atoms with E-state index in [4.69, 9.17) is 0 Å². The maximum atomic E-state index is 9.71. The lowest BCUT2D eigenvalue weighted by Crippen LogP contribution is -2.26. The first-order chi connectivity index (χ1) is 8.31. The summed E-state index contributed by atoms with van der Waals surface area (Å²) in [5.74, 6) is 1.57. The normalized spacial score (nSPS) is 33.6. The summed E-state index contributed by atoms with van der Waals surface area (Å²) in [6.07, 6.45) is 3.22. The Morgan fingerprint density at radius 3 is 2.65 bits per heavy atom. The van der Waals surface area contributed by atoms with Crippen LogP contribution in [0, 0.1) is 11.8 Å². The summed E-state index contributed by atoms with van der Waals surface area (Å²) in [5, 5.41) is 9.71. The third kappa shape index (κ3) is 2.53. The topological polar surface area (TPSA) is 23.5 Å². The van der Waals surface area contributed by atoms with Crippen molar-refractivity contribution in [2.45, 2.75) is 31.9 Å². The molecule has 0 bridgehead atoms. The van der Waals surface area contributed by atoms with Crippen LogP contribution >= 0.6 is 0 Å². The molecule has 17 heavy (non-hydrogen) atoms. The van der Waals surface area contributed by atoms with E-state index in [9.17, 15) is 5.11 Å². The van der Waals surface area contributed by atoms with Crippen LogP contribution in [0.5, 0.6) is 0 Å². The molecule has 1 aliphatic carbocycles. The van der Waals surface area contributed by atoms with Crippen LogP contribution < -0.4 is 0 Å². The molecule has 2 heteroatoms. The standard InChI is InChI=1S/C15H21NO/c17-15-7-6-13-10-16(11-14(13)8-15)9-12-4-2-1-3-5-12/h1-5,13-15,17H,6-11H2/t13-,14-,15+/m0/s1. The summed E-state index contributed by atoms with van der Waals surface area (Å²) in [4.78, 5) is 2.56. The van der Waals surface area contributed by atoms with Gasteiger partial charge in [0.05, 0.1) is 6.10 Å². The molecule has 1 aromatic carbocycles. The van der Waals surface area contributed by atoms with Crippen molar-refractivity contribution in [3.05, 3.63) is 35.9 Å². The molecule has 0 aromatic heterocycles. The Morgan fingerprint density at radius 2 is 1.82 bits per heavy atom. The van der Waals surface area contributed by atoms with Gasteiger partial charge in [0.2, 0.25) is 0 Å². The summed E-state index contributed by atoms with van der Waals surface area (Å²) in [6, 6.07) is 10.7. The first kappa shape index (κ1) is 11.2. The monoisotopic (exact) mass is 231 g/mol. The lowest BCUT2D eigenvalue weighted by molar-refractivity contribution is 0.0865. The quantitative estimate of drug-likeness (QED) is 0.844. The van der Waals surface area contributed by atoms with Gasteiger partial charge in [0.15, 0.2) is 0 Å². The van der Waals surface area contributed by atoms with Gasteiger partial charge in [-0.1, -0.05) is 30.3 Å². The summed E-state index contributed by atoms with van der Waals surface area (Å²) in [7, 11) is 0. The molecule has 2 nitrogen and oxygen atoms in total. The minimum atomic E-state index is -0.0343. The second kappa shape index (κ2) is 4.79. The van der Waals surface area contributed by atoms with Crippen molar-refractivity contribution in [1.82, 2.24) is 4.90 Å². The Morgan fingerprint density at radius 1 is 1.06 bits per heavy atom. The zero-order valence-electron chi connectivity index (χ0n) is 10.3. The van der Waals surface area contributed by atoms with Crippen LogP contribution in [0.1, 0.15) is 24.8 Å². The Kier molecular flexibility index (Phi) is 3.17. The van der Waals surface area contributed by atoms with Crippen LogP contribution in [-0.4, -0.2) is 29.2 Å². The fourth-order valence-corrected chi connectivity index (χ4v) is 3.47. The SMILES string of the molecule is O[C@@H]1CC[C@H]2CN(Cc3ccccc3)C[C@@H]2C1. The molecule has 2 aliphatic rings. The second-order valence-electron chi connectivity index (χ2n) is 5.67. The Hall–Kier alpha value is -0.860. The molecule has 1 aromatic rings. The first-order valence-corrected chi connectivity index (χ1v) is 6.75. The maximum absolute atomic E-state index is 9.71. The molecule has 0 spiro atoms. The highest BCUT2D eigenvalue weighted by atomic mass is 16.3. The molecular weight excluding hydrogens is 210 g/mol. The van der Waals surface area contributed by atoms with Crippen molar-refractivity contribution in [2.75, 3.05) is 13.1 Å². The lowest BCUT2D eigenvalue weighted by Gasteiger charge is -2.27. The molecule has 3 rings (SSSR count). The number of aliphatic hydroxyl groups is 1. The summed E-state index contributed by atoms with van der Waals surface area (Å²) < 4.78 is 0. The maximum Gasteiger partial charge on any atom is 0.0543 e. The van der Waals surface area contributed by atoms with E-state index in [1.54, 1.807) is 0 Å². The van der Waals surface area contributed by atoms with Crippen molar-refractivity contribution in [1.29, 1.82) is 0 Å². The second-order valence-corrected chi connectivity index (χ2v) is 5.67. The Labute approximate surface area is 103 Å². The number of fused-ring (bicyclic) bond motifs is 1. The Balaban J connectivity index is 1.60. The van der Waals surface area contributed by atoms with Gasteiger partial charge in [0.1, 0.15) is 0 Å². The van der Waals surface area contributed by atoms with Gasteiger partial charge in [-0.3, -0.25) is 4.90 Å². The number of hydrogen-bond acceptors (Lipinski definition) is 2. The zero-order valence-corrected chi connectivity index (χ0v) is 10.3. The Bertz CT molecular complexity index is 364. The number of nitrogens with zero attached hydrogens (tertiary/aromatic N) is 1. The van der Waals surface area contributed by atoms with Crippen LogP contribution in [0.15, 0.2) is 30.3 Å². The van der Waals surface area contributed by atoms with E-state index < -0.39 is 0 Å². The predicted molar refractivity (Wildman–Crippen MR) is 68.6 cm³/mol. The lowest BCUT2D eigenvalue weighted by atomic mass is 9.80. The van der Waals surface area contributed by atoms with Crippen LogP contribution in [0.25, 0.3) is 0 Å². The molecule has 1 saturated heterocycles. The molecule has 0 unspecified atom stereocenters. The van der Waals surface area contributed by atoms with Gasteiger partial charge < -0.3 is 5.11 Å². The number of aliphatic hydroxyl groups excluding tert-OH is 1. The highest BCUT2D eigenvalue weighted by Crippen LogP contribution is 2.36. The predicted octanol–water partition coefficient (Wildman–Crippen LogP) is 2.28. The summed E-state index contributed by atoms with van der Waals surface area (Å²) in [6.45, 7) is 3.48. The van der Waals surface area contributed by atoms with Gasteiger partial charge in [-0.25, -0.2) is 0 Å². The molecule has 0 amide bonds. The van der Waals surface area contributed by atoms with Gasteiger partial charge in [0, 0.05) is 19.6 Å². The molecule has 3 atom stereocenters. The average molecular weight is 231 g/mol. The molecule has 0 radical (unpaired) electrons. The highest BCUT2D eigenvalue weighted by Gasteiger charge is 2.36. The molecule has 1 heterocycles. The van der Waals surface area contributed by atoms with Crippen molar-refractivity contribution in [3.63, 3.8) is 0 Å². The van der Waals surface area contributed by atoms with Crippen LogP contribution in [-0.2, 0) is 6.54 Å². The minimum Gasteiger partial charge on any atom is -0.393 e. The van der Waals surface area contributed by atoms with E-state index in [0.29, 0.717) is 0 Å². The van der Waals surface area contributed by atoms with Gasteiger partial charge >= 0.3 is 0 Å². The molecule has 1 aliphatic heterocycles. The van der Waals surface area contributed by atoms with Crippen LogP contribution in [0.3, 0.4) is 0 Å². The fourth-order valence-electron chi connectivity index (χ4n) is 3.47. The molecule has 1 N–H and O–H groups in total. The minimum absolute atomic E-state index is 0.0343. The van der Waals surface area contributed by atoms with E-state index in [1.807, 2.05) is 0 Å². The van der Waals surface area contributed by atoms with Gasteiger partial charge in [-0.2, -0.15) is 0 Å². The van der Waals surface area contributed by atoms with Crippen molar-refractivity contribution < 1.29 is 5.11 Å². The highest BCUT2D eigenvalue weighted by molar-refractivity contribution is 5.14. The summed E-state index contributed by atoms with van der Waals surface area (Å²) in [5.41, 5.74) is 1.41. The van der Waals surface area contributed by atoms with E-state index >= 15 is 0 Å². The van der Waals surface area contributed by atoms with Crippen molar-refractivity contribution >= 4 is 0 Å². The zero-order chi connectivity index (χ0) is 11.7. The smallest absolute Gasteiger partial charge is 0.0543 e. The third-order valence-corrected chi connectivity index (χ3v) is 4.35. The van der Waals surface area contributed by atoms with E-state index in [-0.39, 0.29) is 6.10 Å². The molecular formula is C15H21NO. The van der Waals surface area contributed by atoms with E-state index in [0.717, 1.165) is 31.2 Å². The van der Waals surface area contributed by atoms with Crippen LogP contribution in [0.4, 0.5) is 0 Å². The molecule has 92 valence electrons. The first-order valence-electron chi connectivity index (χ1n) is 6.75. The summed E-state index contributed by atoms with van der Waals surface area (Å²) >= 11 is 0. The number of benzene rings is 1. The largest absolute Gasteiger partial charge is 0.393 e. The number of hydrogen-bond donors (Lipinski definition) is 1. The molecule has 2 fully saturated rings. The number of rotatable bonds is 2.